The highest BCUT2D eigenvalue weighted by Crippen LogP contribution is 2.46. The molecule has 3 aromatic rings. The van der Waals surface area contributed by atoms with Crippen LogP contribution in [0.2, 0.25) is 0 Å². The molecular formula is C28H37N5O5. The van der Waals surface area contributed by atoms with Gasteiger partial charge in [-0.15, -0.1) is 0 Å². The first-order valence-electron chi connectivity index (χ1n) is 12.7. The summed E-state index contributed by atoms with van der Waals surface area (Å²) in [6.45, 7) is 1.66. The maximum atomic E-state index is 13.1. The van der Waals surface area contributed by atoms with Gasteiger partial charge in [-0.3, -0.25) is 9.59 Å². The van der Waals surface area contributed by atoms with Crippen molar-refractivity contribution in [3.8, 4) is 28.6 Å². The summed E-state index contributed by atoms with van der Waals surface area (Å²) in [6, 6.07) is 8.99. The zero-order valence-corrected chi connectivity index (χ0v) is 23.0. The van der Waals surface area contributed by atoms with Gasteiger partial charge in [-0.05, 0) is 70.2 Å². The van der Waals surface area contributed by atoms with Gasteiger partial charge >= 0.3 is 0 Å². The number of carbonyl (C=O) groups is 2. The van der Waals surface area contributed by atoms with Crippen molar-refractivity contribution in [3.63, 3.8) is 0 Å². The van der Waals surface area contributed by atoms with E-state index < -0.39 is 5.91 Å². The van der Waals surface area contributed by atoms with E-state index in [2.05, 4.69) is 9.47 Å². The van der Waals surface area contributed by atoms with Crippen LogP contribution in [0.1, 0.15) is 35.7 Å². The van der Waals surface area contributed by atoms with Crippen LogP contribution >= 0.6 is 0 Å². The lowest BCUT2D eigenvalue weighted by Gasteiger charge is -2.38. The number of nitrogens with two attached hydrogens (primary N) is 1. The molecule has 1 aliphatic rings. The number of fused-ring (bicyclic) bond motifs is 1. The molecule has 10 heteroatoms. The molecule has 0 radical (unpaired) electrons. The summed E-state index contributed by atoms with van der Waals surface area (Å²) in [7, 11) is 10.6. The van der Waals surface area contributed by atoms with Crippen molar-refractivity contribution >= 4 is 22.8 Å². The number of ether oxygens (including phenoxy) is 3. The Morgan fingerprint density at radius 3 is 2.21 bits per heavy atom. The summed E-state index contributed by atoms with van der Waals surface area (Å²) in [5.41, 5.74) is 8.29. The largest absolute Gasteiger partial charge is 0.493 e. The first-order valence-corrected chi connectivity index (χ1v) is 12.7. The molecule has 2 N–H and O–H groups in total. The van der Waals surface area contributed by atoms with Gasteiger partial charge in [-0.25, -0.2) is 4.98 Å². The van der Waals surface area contributed by atoms with Crippen LogP contribution in [0, 0.1) is 5.92 Å². The molecule has 1 aromatic heterocycles. The topological polar surface area (TPSA) is 112 Å². The predicted octanol–water partition coefficient (Wildman–Crippen LogP) is 3.19. The van der Waals surface area contributed by atoms with Gasteiger partial charge in [-0.1, -0.05) is 0 Å². The average Bonchev–Trinajstić information content (AvgIpc) is 3.24. The normalized spacial score (nSPS) is 16.8. The van der Waals surface area contributed by atoms with Crippen molar-refractivity contribution < 1.29 is 23.8 Å². The van der Waals surface area contributed by atoms with Gasteiger partial charge in [0.15, 0.2) is 11.5 Å². The second-order valence-electron chi connectivity index (χ2n) is 10.0. The van der Waals surface area contributed by atoms with E-state index >= 15 is 0 Å². The minimum atomic E-state index is -0.505. The van der Waals surface area contributed by atoms with Crippen molar-refractivity contribution in [1.82, 2.24) is 19.4 Å². The van der Waals surface area contributed by atoms with Crippen molar-refractivity contribution in [2.24, 2.45) is 11.7 Å². The number of hydrogen-bond donors (Lipinski definition) is 1. The molecule has 204 valence electrons. The Bertz CT molecular complexity index is 1300. The Morgan fingerprint density at radius 1 is 1.00 bits per heavy atom. The van der Waals surface area contributed by atoms with Crippen LogP contribution in [0.4, 0.5) is 0 Å². The fraction of sp³-hybridized carbons (Fsp3) is 0.464. The third-order valence-electron chi connectivity index (χ3n) is 7.20. The quantitative estimate of drug-likeness (QED) is 0.411. The maximum absolute atomic E-state index is 13.1. The fourth-order valence-electron chi connectivity index (χ4n) is 5.08. The molecule has 10 nitrogen and oxygen atoms in total. The van der Waals surface area contributed by atoms with Crippen LogP contribution in [-0.4, -0.2) is 86.7 Å². The number of carbonyl (C=O) groups excluding carboxylic acids is 2. The van der Waals surface area contributed by atoms with Crippen molar-refractivity contribution in [2.75, 3.05) is 55.6 Å². The highest BCUT2D eigenvalue weighted by atomic mass is 16.5. The maximum Gasteiger partial charge on any atom is 0.248 e. The van der Waals surface area contributed by atoms with Crippen molar-refractivity contribution in [3.05, 3.63) is 35.9 Å². The molecule has 0 unspecified atom stereocenters. The summed E-state index contributed by atoms with van der Waals surface area (Å²) >= 11 is 0. The average molecular weight is 524 g/mol. The van der Waals surface area contributed by atoms with Gasteiger partial charge in [0.1, 0.15) is 5.82 Å². The number of benzene rings is 2. The van der Waals surface area contributed by atoms with Crippen molar-refractivity contribution in [2.45, 2.75) is 25.3 Å². The second kappa shape index (κ2) is 11.3. The van der Waals surface area contributed by atoms with E-state index in [4.69, 9.17) is 24.9 Å². The fourth-order valence-corrected chi connectivity index (χ4v) is 5.08. The molecule has 0 spiro atoms. The van der Waals surface area contributed by atoms with Crippen LogP contribution < -0.4 is 19.9 Å². The van der Waals surface area contributed by atoms with Crippen LogP contribution in [0.3, 0.4) is 0 Å². The van der Waals surface area contributed by atoms with Gasteiger partial charge in [0, 0.05) is 36.7 Å². The van der Waals surface area contributed by atoms with Gasteiger partial charge < -0.3 is 34.3 Å². The number of hydrogen-bond acceptors (Lipinski definition) is 7. The molecule has 0 aliphatic heterocycles. The number of imidazole rings is 1. The van der Waals surface area contributed by atoms with Crippen LogP contribution in [0.15, 0.2) is 30.3 Å². The highest BCUT2D eigenvalue weighted by Gasteiger charge is 2.39. The SMILES string of the molecule is COc1cc(-c2nc3ccc(C(N)=O)cc3n2C2CC(C(=O)N(C)CCCN(C)C)C2)cc(OC)c1OC. The summed E-state index contributed by atoms with van der Waals surface area (Å²) in [5, 5.41) is 0. The molecule has 2 aromatic carbocycles. The van der Waals surface area contributed by atoms with E-state index in [9.17, 15) is 9.59 Å². The highest BCUT2D eigenvalue weighted by molar-refractivity contribution is 5.97. The van der Waals surface area contributed by atoms with Gasteiger partial charge in [-0.2, -0.15) is 0 Å². The lowest BCUT2D eigenvalue weighted by molar-refractivity contribution is -0.138. The first kappa shape index (κ1) is 27.3. The van der Waals surface area contributed by atoms with Gasteiger partial charge in [0.05, 0.1) is 32.4 Å². The molecule has 1 fully saturated rings. The zero-order chi connectivity index (χ0) is 27.6. The summed E-state index contributed by atoms with van der Waals surface area (Å²) in [4.78, 5) is 33.9. The number of nitrogens with zero attached hydrogens (tertiary/aromatic N) is 4. The molecule has 38 heavy (non-hydrogen) atoms. The number of primary amides is 1. The minimum Gasteiger partial charge on any atom is -0.493 e. The summed E-state index contributed by atoms with van der Waals surface area (Å²) in [6.07, 6.45) is 2.29. The number of amides is 2. The van der Waals surface area contributed by atoms with Gasteiger partial charge in [0.25, 0.3) is 0 Å². The molecular weight excluding hydrogens is 486 g/mol. The molecule has 1 saturated carbocycles. The second-order valence-corrected chi connectivity index (χ2v) is 10.0. The predicted molar refractivity (Wildman–Crippen MR) is 146 cm³/mol. The Kier molecular flexibility index (Phi) is 8.11. The van der Waals surface area contributed by atoms with E-state index in [0.717, 1.165) is 36.1 Å². The minimum absolute atomic E-state index is 0.0290. The van der Waals surface area contributed by atoms with Gasteiger partial charge in [0.2, 0.25) is 17.6 Å². The summed E-state index contributed by atoms with van der Waals surface area (Å²) in [5.74, 6) is 1.80. The lowest BCUT2D eigenvalue weighted by Crippen LogP contribution is -2.41. The third-order valence-corrected chi connectivity index (χ3v) is 7.20. The van der Waals surface area contributed by atoms with E-state index in [1.807, 2.05) is 38.2 Å². The van der Waals surface area contributed by atoms with E-state index in [-0.39, 0.29) is 17.9 Å². The number of rotatable bonds is 11. The number of aromatic nitrogens is 2. The Balaban J connectivity index is 1.70. The lowest BCUT2D eigenvalue weighted by atomic mass is 9.78. The molecule has 4 rings (SSSR count). The van der Waals surface area contributed by atoms with Crippen LogP contribution in [-0.2, 0) is 4.79 Å². The van der Waals surface area contributed by atoms with Crippen LogP contribution in [0.5, 0.6) is 17.2 Å². The molecule has 1 aliphatic carbocycles. The zero-order valence-electron chi connectivity index (χ0n) is 23.0. The Hall–Kier alpha value is -3.79. The number of methoxy groups -OCH3 is 3. The van der Waals surface area contributed by atoms with E-state index in [1.165, 1.54) is 0 Å². The first-order chi connectivity index (χ1) is 18.2. The van der Waals surface area contributed by atoms with Crippen LogP contribution in [0.25, 0.3) is 22.4 Å². The molecule has 0 atom stereocenters. The standard InChI is InChI=1S/C28H37N5O5/c1-31(2)10-7-11-32(3)28(35)19-12-20(13-19)33-22-14-17(26(29)34)8-9-21(22)30-27(33)18-15-23(36-4)25(38-6)24(16-18)37-5/h8-9,14-16,19-20H,7,10-13H2,1-6H3,(H2,29,34). The molecule has 1 heterocycles. The monoisotopic (exact) mass is 523 g/mol. The summed E-state index contributed by atoms with van der Waals surface area (Å²) < 4.78 is 18.7. The molecule has 0 bridgehead atoms. The Morgan fingerprint density at radius 2 is 1.66 bits per heavy atom. The Labute approximate surface area is 223 Å². The molecule has 0 saturated heterocycles. The third kappa shape index (κ3) is 5.26. The van der Waals surface area contributed by atoms with Crippen molar-refractivity contribution in [1.29, 1.82) is 0 Å². The van der Waals surface area contributed by atoms with E-state index in [1.54, 1.807) is 39.5 Å². The molecule has 2 amide bonds. The van der Waals surface area contributed by atoms with E-state index in [0.29, 0.717) is 41.5 Å². The smallest absolute Gasteiger partial charge is 0.248 e.